The summed E-state index contributed by atoms with van der Waals surface area (Å²) >= 11 is 3.11. The highest BCUT2D eigenvalue weighted by molar-refractivity contribution is 14.1. The number of hydrogen-bond acceptors (Lipinski definition) is 6. The molecule has 0 amide bonds. The van der Waals surface area contributed by atoms with E-state index in [0.717, 1.165) is 12.0 Å². The van der Waals surface area contributed by atoms with Gasteiger partial charge >= 0.3 is 5.97 Å². The van der Waals surface area contributed by atoms with E-state index in [4.69, 9.17) is 13.3 Å². The minimum absolute atomic E-state index is 0.183. The van der Waals surface area contributed by atoms with Gasteiger partial charge in [0.25, 0.3) is 0 Å². The zero-order chi connectivity index (χ0) is 18.0. The van der Waals surface area contributed by atoms with E-state index in [9.17, 15) is 9.59 Å². The molecule has 0 spiro atoms. The molecule has 1 heterocycles. The third-order valence-corrected chi connectivity index (χ3v) is 4.45. The third-order valence-electron chi connectivity index (χ3n) is 3.42. The van der Waals surface area contributed by atoms with Crippen LogP contribution in [0.1, 0.15) is 24.2 Å². The van der Waals surface area contributed by atoms with Crippen LogP contribution in [0.15, 0.2) is 50.5 Å². The first-order chi connectivity index (χ1) is 12.0. The molecule has 0 saturated carbocycles. The Morgan fingerprint density at radius 1 is 1.28 bits per heavy atom. The predicted molar refractivity (Wildman–Crippen MR) is 106 cm³/mol. The number of hydrogen-bond donors (Lipinski definition) is 0. The van der Waals surface area contributed by atoms with Gasteiger partial charge in [0.15, 0.2) is 0 Å². The fourth-order valence-corrected chi connectivity index (χ4v) is 3.25. The molecule has 0 N–H and O–H groups in total. The second kappa shape index (κ2) is 7.76. The minimum atomic E-state index is -0.562. The summed E-state index contributed by atoms with van der Waals surface area (Å²) in [6.45, 7) is 4.13. The van der Waals surface area contributed by atoms with Crippen molar-refractivity contribution in [1.29, 1.82) is 0 Å². The van der Waals surface area contributed by atoms with Crippen LogP contribution in [0.2, 0.25) is 0 Å². The lowest BCUT2D eigenvalue weighted by Crippen LogP contribution is -2.14. The summed E-state index contributed by atoms with van der Waals surface area (Å²) in [5.74, 6) is -0.562. The Balaban J connectivity index is 2.30. The van der Waals surface area contributed by atoms with Gasteiger partial charge in [-0.25, -0.2) is 4.79 Å². The van der Waals surface area contributed by atoms with Gasteiger partial charge in [0.05, 0.1) is 22.9 Å². The zero-order valence-corrected chi connectivity index (χ0v) is 16.6. The summed E-state index contributed by atoms with van der Waals surface area (Å²) in [4.78, 5) is 26.1. The number of fused-ring (bicyclic) bond motifs is 2. The van der Waals surface area contributed by atoms with Crippen molar-refractivity contribution in [3.05, 3.63) is 52.2 Å². The highest BCUT2D eigenvalue weighted by atomic mass is 127. The standard InChI is InChI=1S/C18H15IO5S/c1-3-22-25-11-8-13(18(21)23-10(2)19)16-15(9-11)24-14-7-5-4-6-12(14)17(16)20/h4-10H,3H2,1-2H3. The normalized spacial score (nSPS) is 12.4. The van der Waals surface area contributed by atoms with Gasteiger partial charge < -0.3 is 13.3 Å². The van der Waals surface area contributed by atoms with Crippen molar-refractivity contribution in [2.75, 3.05) is 6.61 Å². The van der Waals surface area contributed by atoms with Crippen molar-refractivity contribution in [3.63, 3.8) is 0 Å². The number of halogens is 1. The second-order valence-corrected chi connectivity index (χ2v) is 7.84. The van der Waals surface area contributed by atoms with Crippen molar-refractivity contribution in [2.45, 2.75) is 22.9 Å². The van der Waals surface area contributed by atoms with Gasteiger partial charge in [0, 0.05) is 16.9 Å². The van der Waals surface area contributed by atoms with Crippen LogP contribution in [-0.2, 0) is 8.92 Å². The van der Waals surface area contributed by atoms with Gasteiger partial charge in [-0.3, -0.25) is 4.79 Å². The summed E-state index contributed by atoms with van der Waals surface area (Å²) in [6.07, 6.45) is 0. The molecule has 1 aromatic heterocycles. The Labute approximate surface area is 162 Å². The minimum Gasteiger partial charge on any atom is -0.456 e. The molecule has 7 heteroatoms. The Morgan fingerprint density at radius 2 is 2.04 bits per heavy atom. The van der Waals surface area contributed by atoms with Gasteiger partial charge in [0.2, 0.25) is 5.43 Å². The Hall–Kier alpha value is -1.58. The number of para-hydroxylation sites is 1. The van der Waals surface area contributed by atoms with E-state index in [1.54, 1.807) is 43.3 Å². The zero-order valence-electron chi connectivity index (χ0n) is 13.6. The van der Waals surface area contributed by atoms with E-state index in [1.807, 2.05) is 29.5 Å². The molecule has 3 aromatic rings. The molecule has 25 heavy (non-hydrogen) atoms. The maximum atomic E-state index is 12.9. The fourth-order valence-electron chi connectivity index (χ4n) is 2.45. The number of benzene rings is 2. The van der Waals surface area contributed by atoms with Crippen LogP contribution in [0.3, 0.4) is 0 Å². The smallest absolute Gasteiger partial charge is 0.340 e. The van der Waals surface area contributed by atoms with E-state index in [0.29, 0.717) is 28.1 Å². The average molecular weight is 470 g/mol. The van der Waals surface area contributed by atoms with E-state index in [-0.39, 0.29) is 20.5 Å². The summed E-state index contributed by atoms with van der Waals surface area (Å²) in [5.41, 5.74) is 0.738. The van der Waals surface area contributed by atoms with Crippen LogP contribution in [0, 0.1) is 0 Å². The van der Waals surface area contributed by atoms with Crippen LogP contribution < -0.4 is 5.43 Å². The van der Waals surface area contributed by atoms with Gasteiger partial charge in [-0.2, -0.15) is 0 Å². The summed E-state index contributed by atoms with van der Waals surface area (Å²) in [7, 11) is 0. The van der Waals surface area contributed by atoms with Crippen molar-refractivity contribution >= 4 is 62.5 Å². The second-order valence-electron chi connectivity index (χ2n) is 5.21. The van der Waals surface area contributed by atoms with Crippen molar-refractivity contribution < 1.29 is 18.1 Å². The Bertz CT molecular complexity index is 996. The monoisotopic (exact) mass is 470 g/mol. The molecule has 0 bridgehead atoms. The molecule has 0 fully saturated rings. The number of carbonyl (C=O) groups is 1. The third kappa shape index (κ3) is 3.83. The maximum Gasteiger partial charge on any atom is 0.340 e. The molecule has 0 radical (unpaired) electrons. The molecule has 0 saturated heterocycles. The molecule has 1 unspecified atom stereocenters. The molecule has 1 atom stereocenters. The van der Waals surface area contributed by atoms with Crippen molar-refractivity contribution in [3.8, 4) is 0 Å². The van der Waals surface area contributed by atoms with Gasteiger partial charge in [-0.1, -0.05) is 12.1 Å². The average Bonchev–Trinajstić information content (AvgIpc) is 2.58. The van der Waals surface area contributed by atoms with Crippen LogP contribution in [0.5, 0.6) is 0 Å². The SMILES string of the molecule is CCOSc1cc(C(=O)OC(C)I)c2c(=O)c3ccccc3oc2c1. The van der Waals surface area contributed by atoms with Crippen LogP contribution in [0.25, 0.3) is 21.9 Å². The van der Waals surface area contributed by atoms with Gasteiger partial charge in [-0.05, 0) is 60.7 Å². The number of ether oxygens (including phenoxy) is 1. The molecule has 0 aliphatic heterocycles. The van der Waals surface area contributed by atoms with E-state index >= 15 is 0 Å². The molecular weight excluding hydrogens is 455 g/mol. The first-order valence-electron chi connectivity index (χ1n) is 7.65. The number of alkyl halides is 1. The Morgan fingerprint density at radius 3 is 2.76 bits per heavy atom. The molecule has 3 rings (SSSR count). The highest BCUT2D eigenvalue weighted by Crippen LogP contribution is 2.29. The molecule has 2 aromatic carbocycles. The summed E-state index contributed by atoms with van der Waals surface area (Å²) < 4.78 is 16.2. The molecule has 130 valence electrons. The van der Waals surface area contributed by atoms with Gasteiger partial charge in [0.1, 0.15) is 15.3 Å². The van der Waals surface area contributed by atoms with E-state index in [2.05, 4.69) is 0 Å². The first-order valence-corrected chi connectivity index (χ1v) is 9.64. The van der Waals surface area contributed by atoms with E-state index < -0.39 is 5.97 Å². The molecule has 5 nitrogen and oxygen atoms in total. The van der Waals surface area contributed by atoms with E-state index in [1.165, 1.54) is 0 Å². The molecular formula is C18H15IO5S. The Kier molecular flexibility index (Phi) is 5.65. The van der Waals surface area contributed by atoms with Crippen LogP contribution in [-0.4, -0.2) is 16.7 Å². The maximum absolute atomic E-state index is 12.9. The lowest BCUT2D eigenvalue weighted by Gasteiger charge is -2.11. The number of rotatable bonds is 5. The number of esters is 1. The topological polar surface area (TPSA) is 65.7 Å². The molecule has 0 aliphatic rings. The first kappa shape index (κ1) is 18.2. The lowest BCUT2D eigenvalue weighted by molar-refractivity contribution is 0.0504. The number of carbonyl (C=O) groups excluding carboxylic acids is 1. The van der Waals surface area contributed by atoms with Crippen molar-refractivity contribution in [2.24, 2.45) is 0 Å². The van der Waals surface area contributed by atoms with Gasteiger partial charge in [-0.15, -0.1) is 0 Å². The highest BCUT2D eigenvalue weighted by Gasteiger charge is 2.20. The molecule has 0 aliphatic carbocycles. The predicted octanol–water partition coefficient (Wildman–Crippen LogP) is 4.93. The quantitative estimate of drug-likeness (QED) is 0.173. The summed E-state index contributed by atoms with van der Waals surface area (Å²) in [5, 5.41) is 0.651. The fraction of sp³-hybridized carbons (Fsp3) is 0.222. The summed E-state index contributed by atoms with van der Waals surface area (Å²) in [6, 6.07) is 10.3. The van der Waals surface area contributed by atoms with Crippen LogP contribution in [0.4, 0.5) is 0 Å². The van der Waals surface area contributed by atoms with Crippen LogP contribution >= 0.6 is 34.6 Å². The van der Waals surface area contributed by atoms with Crippen molar-refractivity contribution in [1.82, 2.24) is 0 Å². The largest absolute Gasteiger partial charge is 0.456 e. The lowest BCUT2D eigenvalue weighted by atomic mass is 10.1.